The van der Waals surface area contributed by atoms with Gasteiger partial charge in [0.05, 0.1) is 12.8 Å². The molecule has 130 valence electrons. The highest BCUT2D eigenvalue weighted by atomic mass is 16.5. The van der Waals surface area contributed by atoms with Crippen LogP contribution in [0.3, 0.4) is 0 Å². The number of amides is 2. The first-order valence-corrected chi connectivity index (χ1v) is 8.22. The zero-order chi connectivity index (χ0) is 17.5. The molecule has 0 saturated carbocycles. The second-order valence-corrected chi connectivity index (χ2v) is 5.40. The molecule has 0 spiro atoms. The van der Waals surface area contributed by atoms with Gasteiger partial charge in [0.25, 0.3) is 0 Å². The van der Waals surface area contributed by atoms with E-state index >= 15 is 0 Å². The third-order valence-electron chi connectivity index (χ3n) is 3.92. The number of benzene rings is 1. The summed E-state index contributed by atoms with van der Waals surface area (Å²) in [6, 6.07) is 7.53. The second kappa shape index (κ2) is 8.38. The number of carbonyl (C=O) groups excluding carboxylic acids is 1. The van der Waals surface area contributed by atoms with Gasteiger partial charge >= 0.3 is 6.03 Å². The van der Waals surface area contributed by atoms with Crippen LogP contribution in [0.4, 0.5) is 4.79 Å². The van der Waals surface area contributed by atoms with Gasteiger partial charge in [-0.3, -0.25) is 0 Å². The van der Waals surface area contributed by atoms with E-state index in [1.54, 1.807) is 12.0 Å². The molecular formula is C18H25N3O3. The number of ether oxygens (including phenoxy) is 1. The average molecular weight is 331 g/mol. The van der Waals surface area contributed by atoms with Crippen LogP contribution >= 0.6 is 0 Å². The molecule has 1 heterocycles. The van der Waals surface area contributed by atoms with Gasteiger partial charge in [0.2, 0.25) is 5.89 Å². The summed E-state index contributed by atoms with van der Waals surface area (Å²) in [6.07, 6.45) is 0.637. The Labute approximate surface area is 142 Å². The highest BCUT2D eigenvalue weighted by Gasteiger charge is 2.13. The molecule has 0 saturated heterocycles. The third-order valence-corrected chi connectivity index (χ3v) is 3.92. The molecule has 24 heavy (non-hydrogen) atoms. The van der Waals surface area contributed by atoms with Crippen molar-refractivity contribution in [2.45, 2.75) is 27.2 Å². The summed E-state index contributed by atoms with van der Waals surface area (Å²) in [5.74, 6) is 2.15. The van der Waals surface area contributed by atoms with Crippen LogP contribution < -0.4 is 10.1 Å². The fourth-order valence-corrected chi connectivity index (χ4v) is 2.43. The maximum atomic E-state index is 11.9. The van der Waals surface area contributed by atoms with Crippen molar-refractivity contribution in [1.29, 1.82) is 0 Å². The quantitative estimate of drug-likeness (QED) is 0.845. The van der Waals surface area contributed by atoms with E-state index in [0.29, 0.717) is 31.9 Å². The lowest BCUT2D eigenvalue weighted by Gasteiger charge is -2.18. The van der Waals surface area contributed by atoms with Crippen molar-refractivity contribution < 1.29 is 13.9 Å². The number of methoxy groups -OCH3 is 1. The normalized spacial score (nSPS) is 10.5. The molecule has 2 rings (SSSR count). The van der Waals surface area contributed by atoms with Gasteiger partial charge < -0.3 is 19.4 Å². The van der Waals surface area contributed by atoms with E-state index in [2.05, 4.69) is 10.3 Å². The Morgan fingerprint density at radius 2 is 1.92 bits per heavy atom. The van der Waals surface area contributed by atoms with Gasteiger partial charge in [-0.05, 0) is 45.0 Å². The van der Waals surface area contributed by atoms with Crippen LogP contribution in [0.25, 0.3) is 11.5 Å². The Morgan fingerprint density at radius 3 is 2.50 bits per heavy atom. The zero-order valence-electron chi connectivity index (χ0n) is 14.8. The first-order chi connectivity index (χ1) is 11.6. The molecule has 1 N–H and O–H groups in total. The zero-order valence-corrected chi connectivity index (χ0v) is 14.8. The Morgan fingerprint density at radius 1 is 1.25 bits per heavy atom. The smallest absolute Gasteiger partial charge is 0.317 e. The summed E-state index contributed by atoms with van der Waals surface area (Å²) in [7, 11) is 1.63. The van der Waals surface area contributed by atoms with Crippen molar-refractivity contribution in [2.75, 3.05) is 26.7 Å². The van der Waals surface area contributed by atoms with Gasteiger partial charge in [-0.2, -0.15) is 0 Å². The first-order valence-electron chi connectivity index (χ1n) is 8.22. The van der Waals surface area contributed by atoms with E-state index in [1.807, 2.05) is 45.0 Å². The van der Waals surface area contributed by atoms with Gasteiger partial charge in [-0.1, -0.05) is 0 Å². The van der Waals surface area contributed by atoms with Gasteiger partial charge in [0, 0.05) is 31.6 Å². The number of aryl methyl sites for hydroxylation is 1. The van der Waals surface area contributed by atoms with Crippen molar-refractivity contribution >= 4 is 6.03 Å². The standard InChI is InChI=1S/C18H25N3O3/c1-5-21(6-2)18(22)19-12-11-16-13(3)24-17(20-16)14-7-9-15(23-4)10-8-14/h7-10H,5-6,11-12H2,1-4H3,(H,19,22). The molecule has 1 aromatic heterocycles. The monoisotopic (exact) mass is 331 g/mol. The Bertz CT molecular complexity index is 661. The van der Waals surface area contributed by atoms with Crippen LogP contribution in [0, 0.1) is 6.92 Å². The number of hydrogen-bond donors (Lipinski definition) is 1. The van der Waals surface area contributed by atoms with Crippen LogP contribution in [-0.2, 0) is 6.42 Å². The molecule has 0 radical (unpaired) electrons. The molecule has 1 aromatic carbocycles. The Balaban J connectivity index is 1.97. The summed E-state index contributed by atoms with van der Waals surface area (Å²) in [4.78, 5) is 18.2. The summed E-state index contributed by atoms with van der Waals surface area (Å²) in [5.41, 5.74) is 1.76. The minimum atomic E-state index is -0.0449. The molecule has 0 atom stereocenters. The molecule has 6 heteroatoms. The van der Waals surface area contributed by atoms with E-state index in [9.17, 15) is 4.79 Å². The number of rotatable bonds is 7. The van der Waals surface area contributed by atoms with E-state index in [-0.39, 0.29) is 6.03 Å². The lowest BCUT2D eigenvalue weighted by molar-refractivity contribution is 0.203. The van der Waals surface area contributed by atoms with Crippen LogP contribution in [0.5, 0.6) is 5.75 Å². The van der Waals surface area contributed by atoms with Gasteiger partial charge in [0.1, 0.15) is 11.5 Å². The highest BCUT2D eigenvalue weighted by molar-refractivity contribution is 5.74. The Hall–Kier alpha value is -2.50. The number of nitrogens with one attached hydrogen (secondary N) is 1. The topological polar surface area (TPSA) is 67.6 Å². The van der Waals surface area contributed by atoms with Crippen molar-refractivity contribution in [1.82, 2.24) is 15.2 Å². The van der Waals surface area contributed by atoms with Gasteiger partial charge in [0.15, 0.2) is 0 Å². The van der Waals surface area contributed by atoms with Crippen molar-refractivity contribution in [3.05, 3.63) is 35.7 Å². The van der Waals surface area contributed by atoms with Crippen molar-refractivity contribution in [2.24, 2.45) is 0 Å². The number of carbonyl (C=O) groups is 1. The van der Waals surface area contributed by atoms with Crippen molar-refractivity contribution in [3.8, 4) is 17.2 Å². The van der Waals surface area contributed by atoms with Crippen LogP contribution in [0.1, 0.15) is 25.3 Å². The molecule has 0 unspecified atom stereocenters. The Kier molecular flexibility index (Phi) is 6.23. The number of urea groups is 1. The fourth-order valence-electron chi connectivity index (χ4n) is 2.43. The lowest BCUT2D eigenvalue weighted by Crippen LogP contribution is -2.40. The van der Waals surface area contributed by atoms with Crippen LogP contribution in [-0.4, -0.2) is 42.7 Å². The summed E-state index contributed by atoms with van der Waals surface area (Å²) in [5, 5.41) is 2.91. The van der Waals surface area contributed by atoms with E-state index in [4.69, 9.17) is 9.15 Å². The van der Waals surface area contributed by atoms with Crippen molar-refractivity contribution in [3.63, 3.8) is 0 Å². The fraction of sp³-hybridized carbons (Fsp3) is 0.444. The molecule has 2 aromatic rings. The SMILES string of the molecule is CCN(CC)C(=O)NCCc1nc(-c2ccc(OC)cc2)oc1C. The third kappa shape index (κ3) is 4.28. The molecule has 0 aliphatic rings. The molecule has 0 aliphatic carbocycles. The summed E-state index contributed by atoms with van der Waals surface area (Å²) in [6.45, 7) is 7.75. The maximum Gasteiger partial charge on any atom is 0.317 e. The van der Waals surface area contributed by atoms with E-state index < -0.39 is 0 Å². The summed E-state index contributed by atoms with van der Waals surface area (Å²) < 4.78 is 10.9. The maximum absolute atomic E-state index is 11.9. The van der Waals surface area contributed by atoms with Crippen LogP contribution in [0.2, 0.25) is 0 Å². The lowest BCUT2D eigenvalue weighted by atomic mass is 10.2. The minimum absolute atomic E-state index is 0.0449. The molecular weight excluding hydrogens is 306 g/mol. The highest BCUT2D eigenvalue weighted by Crippen LogP contribution is 2.24. The first kappa shape index (κ1) is 17.8. The number of hydrogen-bond acceptors (Lipinski definition) is 4. The number of oxazole rings is 1. The summed E-state index contributed by atoms with van der Waals surface area (Å²) >= 11 is 0. The second-order valence-electron chi connectivity index (χ2n) is 5.40. The predicted molar refractivity (Wildman–Crippen MR) is 93.3 cm³/mol. The van der Waals surface area contributed by atoms with E-state index in [1.165, 1.54) is 0 Å². The van der Waals surface area contributed by atoms with Gasteiger partial charge in [-0.25, -0.2) is 9.78 Å². The largest absolute Gasteiger partial charge is 0.497 e. The molecule has 2 amide bonds. The minimum Gasteiger partial charge on any atom is -0.497 e. The van der Waals surface area contributed by atoms with Gasteiger partial charge in [-0.15, -0.1) is 0 Å². The number of nitrogens with zero attached hydrogens (tertiary/aromatic N) is 2. The van der Waals surface area contributed by atoms with Crippen LogP contribution in [0.15, 0.2) is 28.7 Å². The molecule has 6 nitrogen and oxygen atoms in total. The van der Waals surface area contributed by atoms with E-state index in [0.717, 1.165) is 22.8 Å². The average Bonchev–Trinajstić information content (AvgIpc) is 2.97. The number of aromatic nitrogens is 1. The molecule has 0 fully saturated rings. The molecule has 0 aliphatic heterocycles. The predicted octanol–water partition coefficient (Wildman–Crippen LogP) is 3.25. The molecule has 0 bridgehead atoms.